The number of rotatable bonds is 6. The lowest BCUT2D eigenvalue weighted by atomic mass is 10.0. The van der Waals surface area contributed by atoms with Crippen LogP contribution in [-0.2, 0) is 10.0 Å². The van der Waals surface area contributed by atoms with Crippen LogP contribution in [0.1, 0.15) is 45.4 Å². The molecule has 0 radical (unpaired) electrons. The lowest BCUT2D eigenvalue weighted by Crippen LogP contribution is -2.32. The normalized spacial score (nSPS) is 26.7. The van der Waals surface area contributed by atoms with E-state index >= 15 is 0 Å². The maximum atomic E-state index is 10.8. The van der Waals surface area contributed by atoms with Gasteiger partial charge in [-0.05, 0) is 38.1 Å². The van der Waals surface area contributed by atoms with Gasteiger partial charge in [0, 0.05) is 12.6 Å². The van der Waals surface area contributed by atoms with Gasteiger partial charge in [0.15, 0.2) is 0 Å². The van der Waals surface area contributed by atoms with E-state index in [2.05, 4.69) is 17.0 Å². The Kier molecular flexibility index (Phi) is 6.44. The smallest absolute Gasteiger partial charge is 0.208 e. The van der Waals surface area contributed by atoms with Gasteiger partial charge in [0.05, 0.1) is 6.26 Å². The maximum absolute atomic E-state index is 10.8. The van der Waals surface area contributed by atoms with Gasteiger partial charge in [-0.2, -0.15) is 0 Å². The molecule has 1 aliphatic carbocycles. The molecule has 0 spiro atoms. The summed E-state index contributed by atoms with van der Waals surface area (Å²) in [6, 6.07) is 0.637. The number of sulfonamides is 1. The van der Waals surface area contributed by atoms with Gasteiger partial charge in [0.1, 0.15) is 0 Å². The highest BCUT2D eigenvalue weighted by molar-refractivity contribution is 7.88. The highest BCUT2D eigenvalue weighted by Crippen LogP contribution is 2.22. The summed E-state index contributed by atoms with van der Waals surface area (Å²) >= 11 is 0. The van der Waals surface area contributed by atoms with E-state index in [1.807, 2.05) is 0 Å². The van der Waals surface area contributed by atoms with Crippen LogP contribution in [0.15, 0.2) is 0 Å². The van der Waals surface area contributed by atoms with Crippen LogP contribution in [0.5, 0.6) is 0 Å². The van der Waals surface area contributed by atoms with E-state index in [0.29, 0.717) is 12.6 Å². The summed E-state index contributed by atoms with van der Waals surface area (Å²) in [6.07, 6.45) is 8.59. The third-order valence-corrected chi connectivity index (χ3v) is 4.14. The lowest BCUT2D eigenvalue weighted by molar-refractivity contribution is 0.444. The molecule has 1 rings (SSSR count). The summed E-state index contributed by atoms with van der Waals surface area (Å²) in [7, 11) is -3.02. The Morgan fingerprint density at radius 1 is 1.12 bits per heavy atom. The van der Waals surface area contributed by atoms with E-state index in [-0.39, 0.29) is 0 Å². The zero-order valence-corrected chi connectivity index (χ0v) is 11.9. The average Bonchev–Trinajstić information content (AvgIpc) is 2.41. The molecule has 2 N–H and O–H groups in total. The van der Waals surface area contributed by atoms with E-state index < -0.39 is 10.0 Å². The predicted octanol–water partition coefficient (Wildman–Crippen LogP) is 1.48. The molecule has 0 aromatic heterocycles. The van der Waals surface area contributed by atoms with Crippen molar-refractivity contribution in [3.05, 3.63) is 0 Å². The minimum atomic E-state index is -3.02. The largest absolute Gasteiger partial charge is 0.314 e. The average molecular weight is 262 g/mol. The maximum Gasteiger partial charge on any atom is 0.208 e. The monoisotopic (exact) mass is 262 g/mol. The van der Waals surface area contributed by atoms with Crippen molar-refractivity contribution in [1.82, 2.24) is 10.0 Å². The molecular weight excluding hydrogens is 236 g/mol. The van der Waals surface area contributed by atoms with Crippen molar-refractivity contribution in [2.75, 3.05) is 19.3 Å². The first-order chi connectivity index (χ1) is 7.97. The Balaban J connectivity index is 2.06. The van der Waals surface area contributed by atoms with Gasteiger partial charge >= 0.3 is 0 Å². The molecule has 2 unspecified atom stereocenters. The van der Waals surface area contributed by atoms with Crippen LogP contribution >= 0.6 is 0 Å². The molecule has 0 saturated heterocycles. The summed E-state index contributed by atoms with van der Waals surface area (Å²) < 4.78 is 24.2. The molecule has 0 aromatic carbocycles. The number of nitrogens with one attached hydrogen (secondary N) is 2. The van der Waals surface area contributed by atoms with E-state index in [0.717, 1.165) is 18.9 Å². The second-order valence-corrected chi connectivity index (χ2v) is 7.12. The van der Waals surface area contributed by atoms with Crippen LogP contribution in [0.2, 0.25) is 0 Å². The Hall–Kier alpha value is -0.130. The summed E-state index contributed by atoms with van der Waals surface area (Å²) in [5.41, 5.74) is 0. The van der Waals surface area contributed by atoms with Crippen molar-refractivity contribution in [2.45, 2.75) is 51.5 Å². The Labute approximate surface area is 106 Å². The molecule has 0 aromatic rings. The molecule has 1 aliphatic rings. The van der Waals surface area contributed by atoms with E-state index in [1.165, 1.54) is 38.4 Å². The molecule has 17 heavy (non-hydrogen) atoms. The molecule has 0 bridgehead atoms. The first-order valence-corrected chi connectivity index (χ1v) is 8.54. The molecule has 102 valence electrons. The van der Waals surface area contributed by atoms with Gasteiger partial charge in [-0.1, -0.05) is 19.8 Å². The molecular formula is C12H26N2O2S. The van der Waals surface area contributed by atoms with Crippen LogP contribution in [0.25, 0.3) is 0 Å². The minimum absolute atomic E-state index is 0.537. The van der Waals surface area contributed by atoms with E-state index in [4.69, 9.17) is 0 Å². The number of hydrogen-bond donors (Lipinski definition) is 2. The molecule has 0 heterocycles. The van der Waals surface area contributed by atoms with Crippen molar-refractivity contribution < 1.29 is 8.42 Å². The molecule has 2 atom stereocenters. The lowest BCUT2D eigenvalue weighted by Gasteiger charge is -2.16. The van der Waals surface area contributed by atoms with Gasteiger partial charge in [0.2, 0.25) is 10.0 Å². The fraction of sp³-hybridized carbons (Fsp3) is 1.00. The zero-order chi connectivity index (χ0) is 12.7. The molecule has 0 amide bonds. The van der Waals surface area contributed by atoms with Crippen LogP contribution < -0.4 is 10.0 Å². The Bertz CT molecular complexity index is 304. The predicted molar refractivity (Wildman–Crippen MR) is 71.5 cm³/mol. The summed E-state index contributed by atoms with van der Waals surface area (Å²) in [4.78, 5) is 0. The van der Waals surface area contributed by atoms with Crippen molar-refractivity contribution in [3.63, 3.8) is 0 Å². The fourth-order valence-electron chi connectivity index (χ4n) is 2.34. The summed E-state index contributed by atoms with van der Waals surface area (Å²) in [5, 5.41) is 3.53. The zero-order valence-electron chi connectivity index (χ0n) is 11.0. The first-order valence-electron chi connectivity index (χ1n) is 6.65. The highest BCUT2D eigenvalue weighted by Gasteiger charge is 2.15. The molecule has 5 heteroatoms. The van der Waals surface area contributed by atoms with Crippen molar-refractivity contribution >= 4 is 10.0 Å². The van der Waals surface area contributed by atoms with E-state index in [9.17, 15) is 8.42 Å². The molecule has 1 fully saturated rings. The summed E-state index contributed by atoms with van der Waals surface area (Å²) in [6.45, 7) is 3.77. The van der Waals surface area contributed by atoms with Crippen LogP contribution in [0, 0.1) is 5.92 Å². The van der Waals surface area contributed by atoms with Crippen LogP contribution in [0.4, 0.5) is 0 Å². The highest BCUT2D eigenvalue weighted by atomic mass is 32.2. The second kappa shape index (κ2) is 7.34. The molecule has 4 nitrogen and oxygen atoms in total. The second-order valence-electron chi connectivity index (χ2n) is 5.28. The van der Waals surface area contributed by atoms with Gasteiger partial charge in [-0.15, -0.1) is 0 Å². The van der Waals surface area contributed by atoms with Crippen molar-refractivity contribution in [3.8, 4) is 0 Å². The van der Waals surface area contributed by atoms with Gasteiger partial charge in [-0.3, -0.25) is 0 Å². The van der Waals surface area contributed by atoms with Crippen molar-refractivity contribution in [2.24, 2.45) is 5.92 Å². The molecule has 1 saturated carbocycles. The third kappa shape index (κ3) is 7.73. The van der Waals surface area contributed by atoms with Gasteiger partial charge in [0.25, 0.3) is 0 Å². The fourth-order valence-corrected chi connectivity index (χ4v) is 2.86. The van der Waals surface area contributed by atoms with Crippen LogP contribution in [-0.4, -0.2) is 33.8 Å². The summed E-state index contributed by atoms with van der Waals surface area (Å²) in [5.74, 6) is 0.869. The minimum Gasteiger partial charge on any atom is -0.314 e. The van der Waals surface area contributed by atoms with Gasteiger partial charge < -0.3 is 5.32 Å². The molecule has 0 aliphatic heterocycles. The van der Waals surface area contributed by atoms with Crippen molar-refractivity contribution in [1.29, 1.82) is 0 Å². The van der Waals surface area contributed by atoms with Gasteiger partial charge in [-0.25, -0.2) is 13.1 Å². The topological polar surface area (TPSA) is 58.2 Å². The quantitative estimate of drug-likeness (QED) is 0.563. The SMILES string of the molecule is CC1CCCC(NCCCNS(C)(=O)=O)CC1. The Morgan fingerprint density at radius 2 is 1.88 bits per heavy atom. The first kappa shape index (κ1) is 14.9. The van der Waals surface area contributed by atoms with E-state index in [1.54, 1.807) is 0 Å². The van der Waals surface area contributed by atoms with Crippen LogP contribution in [0.3, 0.4) is 0 Å². The number of hydrogen-bond acceptors (Lipinski definition) is 3. The third-order valence-electron chi connectivity index (χ3n) is 3.41. The Morgan fingerprint density at radius 3 is 2.59 bits per heavy atom. The standard InChI is InChI=1S/C12H26N2O2S/c1-11-5-3-6-12(8-7-11)13-9-4-10-14-17(2,15)16/h11-14H,3-10H2,1-2H3.